The number of fused-ring (bicyclic) bond motifs is 1. The molecule has 0 saturated heterocycles. The van der Waals surface area contributed by atoms with Crippen LogP contribution in [-0.2, 0) is 19.4 Å². The molecule has 0 aliphatic heterocycles. The zero-order valence-electron chi connectivity index (χ0n) is 9.73. The molecule has 0 bridgehead atoms. The fourth-order valence-corrected chi connectivity index (χ4v) is 2.10. The Hall–Kier alpha value is -1.91. The van der Waals surface area contributed by atoms with Gasteiger partial charge in [-0.2, -0.15) is 4.98 Å². The molecule has 2 aromatic heterocycles. The molecule has 1 aliphatic carbocycles. The van der Waals surface area contributed by atoms with Crippen molar-refractivity contribution in [2.75, 3.05) is 5.32 Å². The number of pyridine rings is 1. The molecule has 2 heterocycles. The van der Waals surface area contributed by atoms with E-state index in [0.717, 1.165) is 18.7 Å². The smallest absolute Gasteiger partial charge is 0.223 e. The van der Waals surface area contributed by atoms with Gasteiger partial charge in [-0.05, 0) is 30.9 Å². The van der Waals surface area contributed by atoms with E-state index in [4.69, 9.17) is 4.52 Å². The monoisotopic (exact) mass is 230 g/mol. The summed E-state index contributed by atoms with van der Waals surface area (Å²) in [6.45, 7) is 2.33. The number of hydrogen-bond donors (Lipinski definition) is 1. The molecule has 0 spiro atoms. The normalized spacial score (nSPS) is 13.7. The molecule has 5 nitrogen and oxygen atoms in total. The SMILES string of the molecule is Cc1nc(CNc2ccc3c(n2)CCC3)no1. The molecule has 0 amide bonds. The van der Waals surface area contributed by atoms with Crippen molar-refractivity contribution in [1.29, 1.82) is 0 Å². The first-order chi connectivity index (χ1) is 8.31. The van der Waals surface area contributed by atoms with Gasteiger partial charge in [0, 0.05) is 12.6 Å². The van der Waals surface area contributed by atoms with Gasteiger partial charge in [0.1, 0.15) is 5.82 Å². The third-order valence-corrected chi connectivity index (χ3v) is 2.93. The number of rotatable bonds is 3. The minimum absolute atomic E-state index is 0.545. The Morgan fingerprint density at radius 3 is 3.06 bits per heavy atom. The quantitative estimate of drug-likeness (QED) is 0.872. The topological polar surface area (TPSA) is 63.8 Å². The van der Waals surface area contributed by atoms with Gasteiger partial charge in [-0.15, -0.1) is 0 Å². The second kappa shape index (κ2) is 4.16. The Morgan fingerprint density at radius 2 is 2.24 bits per heavy atom. The molecule has 88 valence electrons. The molecule has 0 unspecified atom stereocenters. The highest BCUT2D eigenvalue weighted by molar-refractivity contribution is 5.40. The van der Waals surface area contributed by atoms with Gasteiger partial charge in [0.25, 0.3) is 0 Å². The van der Waals surface area contributed by atoms with E-state index >= 15 is 0 Å². The van der Waals surface area contributed by atoms with Crippen LogP contribution in [0.1, 0.15) is 29.4 Å². The third kappa shape index (κ3) is 2.13. The molecule has 0 fully saturated rings. The van der Waals surface area contributed by atoms with Gasteiger partial charge < -0.3 is 9.84 Å². The molecule has 1 N–H and O–H groups in total. The zero-order chi connectivity index (χ0) is 11.7. The van der Waals surface area contributed by atoms with Crippen molar-refractivity contribution in [3.63, 3.8) is 0 Å². The Morgan fingerprint density at radius 1 is 1.29 bits per heavy atom. The average molecular weight is 230 g/mol. The van der Waals surface area contributed by atoms with Crippen LogP contribution in [0.4, 0.5) is 5.82 Å². The summed E-state index contributed by atoms with van der Waals surface area (Å²) in [6.07, 6.45) is 3.47. The van der Waals surface area contributed by atoms with Crippen molar-refractivity contribution in [1.82, 2.24) is 15.1 Å². The molecular formula is C12H14N4O. The largest absolute Gasteiger partial charge is 0.363 e. The van der Waals surface area contributed by atoms with E-state index in [2.05, 4.69) is 26.5 Å². The zero-order valence-corrected chi connectivity index (χ0v) is 9.73. The highest BCUT2D eigenvalue weighted by Gasteiger charge is 2.12. The Labute approximate surface area is 99.3 Å². The highest BCUT2D eigenvalue weighted by atomic mass is 16.5. The van der Waals surface area contributed by atoms with Gasteiger partial charge in [0.2, 0.25) is 5.89 Å². The summed E-state index contributed by atoms with van der Waals surface area (Å²) in [7, 11) is 0. The third-order valence-electron chi connectivity index (χ3n) is 2.93. The van der Waals surface area contributed by atoms with Gasteiger partial charge in [-0.1, -0.05) is 11.2 Å². The lowest BCUT2D eigenvalue weighted by Gasteiger charge is -2.04. The number of hydrogen-bond acceptors (Lipinski definition) is 5. The van der Waals surface area contributed by atoms with E-state index in [1.54, 1.807) is 6.92 Å². The van der Waals surface area contributed by atoms with Crippen LogP contribution in [0.3, 0.4) is 0 Å². The van der Waals surface area contributed by atoms with E-state index in [0.29, 0.717) is 18.3 Å². The number of nitrogens with one attached hydrogen (secondary N) is 1. The van der Waals surface area contributed by atoms with Crippen LogP contribution in [-0.4, -0.2) is 15.1 Å². The van der Waals surface area contributed by atoms with Gasteiger partial charge in [-0.25, -0.2) is 4.98 Å². The highest BCUT2D eigenvalue weighted by Crippen LogP contribution is 2.21. The Kier molecular flexibility index (Phi) is 2.51. The van der Waals surface area contributed by atoms with E-state index in [1.165, 1.54) is 17.7 Å². The molecule has 1 aliphatic rings. The molecule has 17 heavy (non-hydrogen) atoms. The second-order valence-electron chi connectivity index (χ2n) is 4.24. The van der Waals surface area contributed by atoms with E-state index < -0.39 is 0 Å². The standard InChI is InChI=1S/C12H14N4O/c1-8-14-12(16-17-8)7-13-11-6-5-9-3-2-4-10(9)15-11/h5-6H,2-4,7H2,1H3,(H,13,15). The predicted octanol–water partition coefficient (Wildman–Crippen LogP) is 1.87. The predicted molar refractivity (Wildman–Crippen MR) is 62.6 cm³/mol. The Bertz CT molecular complexity index is 535. The van der Waals surface area contributed by atoms with Crippen LogP contribution < -0.4 is 5.32 Å². The van der Waals surface area contributed by atoms with Crippen molar-refractivity contribution in [3.05, 3.63) is 35.1 Å². The summed E-state index contributed by atoms with van der Waals surface area (Å²) in [6, 6.07) is 4.16. The van der Waals surface area contributed by atoms with Gasteiger partial charge in [0.15, 0.2) is 5.82 Å². The van der Waals surface area contributed by atoms with E-state index in [-0.39, 0.29) is 0 Å². The van der Waals surface area contributed by atoms with Crippen LogP contribution in [0, 0.1) is 6.92 Å². The summed E-state index contributed by atoms with van der Waals surface area (Å²) in [5.74, 6) is 2.13. The molecule has 0 radical (unpaired) electrons. The van der Waals surface area contributed by atoms with Gasteiger partial charge >= 0.3 is 0 Å². The summed E-state index contributed by atoms with van der Waals surface area (Å²) in [5, 5.41) is 7.03. The van der Waals surface area contributed by atoms with Crippen molar-refractivity contribution in [3.8, 4) is 0 Å². The lowest BCUT2D eigenvalue weighted by Crippen LogP contribution is -2.04. The Balaban J connectivity index is 1.69. The van der Waals surface area contributed by atoms with Crippen molar-refractivity contribution in [2.45, 2.75) is 32.7 Å². The summed E-state index contributed by atoms with van der Waals surface area (Å²) >= 11 is 0. The molecule has 0 saturated carbocycles. The maximum atomic E-state index is 4.91. The maximum absolute atomic E-state index is 4.91. The van der Waals surface area contributed by atoms with E-state index in [1.807, 2.05) is 6.07 Å². The lowest BCUT2D eigenvalue weighted by atomic mass is 10.2. The maximum Gasteiger partial charge on any atom is 0.223 e. The van der Waals surface area contributed by atoms with Crippen LogP contribution in [0.25, 0.3) is 0 Å². The van der Waals surface area contributed by atoms with Crippen molar-refractivity contribution in [2.24, 2.45) is 0 Å². The fourth-order valence-electron chi connectivity index (χ4n) is 2.10. The summed E-state index contributed by atoms with van der Waals surface area (Å²) < 4.78 is 4.91. The van der Waals surface area contributed by atoms with Gasteiger partial charge in [0.05, 0.1) is 6.54 Å². The number of anilines is 1. The fraction of sp³-hybridized carbons (Fsp3) is 0.417. The number of aryl methyl sites for hydroxylation is 3. The summed E-state index contributed by atoms with van der Waals surface area (Å²) in [4.78, 5) is 8.71. The molecular weight excluding hydrogens is 216 g/mol. The average Bonchev–Trinajstić information content (AvgIpc) is 2.94. The summed E-state index contributed by atoms with van der Waals surface area (Å²) in [5.41, 5.74) is 2.60. The molecule has 2 aromatic rings. The van der Waals surface area contributed by atoms with Crippen LogP contribution >= 0.6 is 0 Å². The second-order valence-corrected chi connectivity index (χ2v) is 4.24. The number of aromatic nitrogens is 3. The molecule has 3 rings (SSSR count). The molecule has 0 aromatic carbocycles. The molecule has 5 heteroatoms. The van der Waals surface area contributed by atoms with E-state index in [9.17, 15) is 0 Å². The van der Waals surface area contributed by atoms with Crippen LogP contribution in [0.2, 0.25) is 0 Å². The first-order valence-corrected chi connectivity index (χ1v) is 5.83. The van der Waals surface area contributed by atoms with Crippen LogP contribution in [0.15, 0.2) is 16.7 Å². The molecule has 0 atom stereocenters. The first kappa shape index (κ1) is 10.3. The first-order valence-electron chi connectivity index (χ1n) is 5.83. The van der Waals surface area contributed by atoms with Crippen molar-refractivity contribution < 1.29 is 4.52 Å². The van der Waals surface area contributed by atoms with Crippen molar-refractivity contribution >= 4 is 5.82 Å². The minimum atomic E-state index is 0.545. The van der Waals surface area contributed by atoms with Gasteiger partial charge in [-0.3, -0.25) is 0 Å². The lowest BCUT2D eigenvalue weighted by molar-refractivity contribution is 0.388. The minimum Gasteiger partial charge on any atom is -0.363 e. The van der Waals surface area contributed by atoms with Crippen LogP contribution in [0.5, 0.6) is 0 Å². The number of nitrogens with zero attached hydrogens (tertiary/aromatic N) is 3.